The number of carbonyl (C=O) groups is 1. The minimum atomic E-state index is 0.124. The molecule has 1 aromatic rings. The summed E-state index contributed by atoms with van der Waals surface area (Å²) >= 11 is 0. The van der Waals surface area contributed by atoms with Crippen molar-refractivity contribution < 1.29 is 4.79 Å². The van der Waals surface area contributed by atoms with E-state index in [2.05, 4.69) is 24.8 Å². The molecule has 0 atom stereocenters. The summed E-state index contributed by atoms with van der Waals surface area (Å²) < 4.78 is 0. The topological polar surface area (TPSA) is 60.2 Å². The first-order valence-electron chi connectivity index (χ1n) is 9.46. The van der Waals surface area contributed by atoms with Gasteiger partial charge in [0.15, 0.2) is 0 Å². The highest BCUT2D eigenvalue weighted by atomic mass is 16.2. The average molecular weight is 340 g/mol. The lowest BCUT2D eigenvalue weighted by Crippen LogP contribution is -2.48. The lowest BCUT2D eigenvalue weighted by atomic mass is 9.85. The number of hydrogen-bond donors (Lipinski definition) is 0. The zero-order valence-corrected chi connectivity index (χ0v) is 15.6. The van der Waals surface area contributed by atoms with Gasteiger partial charge >= 0.3 is 0 Å². The van der Waals surface area contributed by atoms with Crippen LogP contribution in [0.2, 0.25) is 0 Å². The lowest BCUT2D eigenvalue weighted by Gasteiger charge is -2.36. The van der Waals surface area contributed by atoms with E-state index in [9.17, 15) is 10.1 Å². The van der Waals surface area contributed by atoms with E-state index < -0.39 is 0 Å². The SMILES string of the molecule is CC(=O)N1CCN(c2nc(CC(C)C)c3c(c2C#N)CCCC3)CC1. The van der Waals surface area contributed by atoms with Gasteiger partial charge in [0.1, 0.15) is 11.9 Å². The molecule has 5 heteroatoms. The molecule has 0 saturated carbocycles. The Hall–Kier alpha value is -2.09. The van der Waals surface area contributed by atoms with Crippen LogP contribution in [0.25, 0.3) is 0 Å². The highest BCUT2D eigenvalue weighted by Gasteiger charge is 2.27. The van der Waals surface area contributed by atoms with Crippen LogP contribution in [0.15, 0.2) is 0 Å². The molecule has 0 unspecified atom stereocenters. The minimum Gasteiger partial charge on any atom is -0.352 e. The van der Waals surface area contributed by atoms with Crippen molar-refractivity contribution in [2.24, 2.45) is 5.92 Å². The number of hydrogen-bond acceptors (Lipinski definition) is 4. The Morgan fingerprint density at radius 1 is 1.16 bits per heavy atom. The second-order valence-electron chi connectivity index (χ2n) is 7.62. The zero-order chi connectivity index (χ0) is 18.0. The number of anilines is 1. The maximum Gasteiger partial charge on any atom is 0.219 e. The van der Waals surface area contributed by atoms with Gasteiger partial charge in [-0.05, 0) is 49.1 Å². The second-order valence-corrected chi connectivity index (χ2v) is 7.62. The van der Waals surface area contributed by atoms with Gasteiger partial charge in [-0.1, -0.05) is 13.8 Å². The van der Waals surface area contributed by atoms with Crippen LogP contribution in [-0.4, -0.2) is 42.0 Å². The van der Waals surface area contributed by atoms with E-state index >= 15 is 0 Å². The van der Waals surface area contributed by atoms with Crippen molar-refractivity contribution in [1.29, 1.82) is 5.26 Å². The molecule has 1 aliphatic carbocycles. The molecule has 0 N–H and O–H groups in total. The Labute approximate surface area is 150 Å². The second kappa shape index (κ2) is 7.43. The standard InChI is InChI=1S/C20H28N4O/c1-14(2)12-19-17-7-5-4-6-16(17)18(13-21)20(22-19)24-10-8-23(9-11-24)15(3)25/h14H,4-12H2,1-3H3. The van der Waals surface area contributed by atoms with E-state index in [0.29, 0.717) is 19.0 Å². The summed E-state index contributed by atoms with van der Waals surface area (Å²) in [5, 5.41) is 9.84. The summed E-state index contributed by atoms with van der Waals surface area (Å²) in [6, 6.07) is 2.45. The van der Waals surface area contributed by atoms with Crippen LogP contribution in [0.5, 0.6) is 0 Å². The molecule has 1 saturated heterocycles. The Bertz CT molecular complexity index is 697. The van der Waals surface area contributed by atoms with Crippen LogP contribution < -0.4 is 4.90 Å². The first-order chi connectivity index (χ1) is 12.0. The monoisotopic (exact) mass is 340 g/mol. The summed E-state index contributed by atoms with van der Waals surface area (Å²) in [5.41, 5.74) is 4.54. The quantitative estimate of drug-likeness (QED) is 0.849. The van der Waals surface area contributed by atoms with Crippen molar-refractivity contribution in [2.45, 2.75) is 52.9 Å². The third kappa shape index (κ3) is 3.63. The number of aromatic nitrogens is 1. The van der Waals surface area contributed by atoms with Crippen LogP contribution in [0.4, 0.5) is 5.82 Å². The number of fused-ring (bicyclic) bond motifs is 1. The molecule has 3 rings (SSSR count). The molecule has 1 amide bonds. The molecule has 0 bridgehead atoms. The number of nitriles is 1. The Morgan fingerprint density at radius 2 is 1.80 bits per heavy atom. The molecule has 5 nitrogen and oxygen atoms in total. The fourth-order valence-electron chi connectivity index (χ4n) is 4.02. The van der Waals surface area contributed by atoms with Gasteiger partial charge < -0.3 is 9.80 Å². The lowest BCUT2D eigenvalue weighted by molar-refractivity contribution is -0.129. The van der Waals surface area contributed by atoms with Gasteiger partial charge in [-0.3, -0.25) is 4.79 Å². The Balaban J connectivity index is 1.98. The summed E-state index contributed by atoms with van der Waals surface area (Å²) in [6.07, 6.45) is 5.36. The van der Waals surface area contributed by atoms with Gasteiger partial charge in [0.05, 0.1) is 5.56 Å². The fourth-order valence-corrected chi connectivity index (χ4v) is 4.02. The van der Waals surface area contributed by atoms with Crippen LogP contribution in [0.1, 0.15) is 56.0 Å². The normalized spacial score (nSPS) is 17.4. The van der Waals surface area contributed by atoms with Gasteiger partial charge in [0, 0.05) is 38.8 Å². The van der Waals surface area contributed by atoms with E-state index in [4.69, 9.17) is 4.98 Å². The largest absolute Gasteiger partial charge is 0.352 e. The maximum absolute atomic E-state index is 11.6. The first kappa shape index (κ1) is 17.7. The third-order valence-corrected chi connectivity index (χ3v) is 5.32. The van der Waals surface area contributed by atoms with Crippen molar-refractivity contribution in [1.82, 2.24) is 9.88 Å². The van der Waals surface area contributed by atoms with Gasteiger partial charge in [-0.2, -0.15) is 5.26 Å². The molecule has 25 heavy (non-hydrogen) atoms. The smallest absolute Gasteiger partial charge is 0.219 e. The van der Waals surface area contributed by atoms with Crippen molar-refractivity contribution >= 4 is 11.7 Å². The maximum atomic E-state index is 11.6. The highest BCUT2D eigenvalue weighted by Crippen LogP contribution is 2.33. The highest BCUT2D eigenvalue weighted by molar-refractivity contribution is 5.73. The van der Waals surface area contributed by atoms with Gasteiger partial charge in [-0.15, -0.1) is 0 Å². The predicted octanol–water partition coefficient (Wildman–Crippen LogP) is 2.70. The van der Waals surface area contributed by atoms with Gasteiger partial charge in [0.2, 0.25) is 5.91 Å². The molecule has 134 valence electrons. The molecule has 0 radical (unpaired) electrons. The molecule has 2 heterocycles. The van der Waals surface area contributed by atoms with Crippen molar-refractivity contribution in [3.63, 3.8) is 0 Å². The van der Waals surface area contributed by atoms with E-state index in [1.165, 1.54) is 23.2 Å². The molecule has 0 aromatic carbocycles. The number of carbonyl (C=O) groups excluding carboxylic acids is 1. The van der Waals surface area contributed by atoms with Crippen molar-refractivity contribution in [3.05, 3.63) is 22.4 Å². The third-order valence-electron chi connectivity index (χ3n) is 5.32. The first-order valence-corrected chi connectivity index (χ1v) is 9.46. The number of pyridine rings is 1. The van der Waals surface area contributed by atoms with Crippen LogP contribution in [-0.2, 0) is 24.1 Å². The number of amides is 1. The molecule has 0 spiro atoms. The molecule has 1 aliphatic heterocycles. The summed E-state index contributed by atoms with van der Waals surface area (Å²) in [4.78, 5) is 20.6. The van der Waals surface area contributed by atoms with Crippen LogP contribution >= 0.6 is 0 Å². The summed E-state index contributed by atoms with van der Waals surface area (Å²) in [7, 11) is 0. The van der Waals surface area contributed by atoms with Crippen LogP contribution in [0.3, 0.4) is 0 Å². The van der Waals surface area contributed by atoms with Gasteiger partial charge in [-0.25, -0.2) is 4.98 Å². The number of piperazine rings is 1. The van der Waals surface area contributed by atoms with E-state index in [-0.39, 0.29) is 5.91 Å². The molecule has 1 aromatic heterocycles. The molecular formula is C20H28N4O. The summed E-state index contributed by atoms with van der Waals surface area (Å²) in [5.74, 6) is 1.52. The van der Waals surface area contributed by atoms with Crippen molar-refractivity contribution in [2.75, 3.05) is 31.1 Å². The van der Waals surface area contributed by atoms with Crippen molar-refractivity contribution in [3.8, 4) is 6.07 Å². The van der Waals surface area contributed by atoms with E-state index in [1.807, 2.05) is 4.90 Å². The number of rotatable bonds is 3. The minimum absolute atomic E-state index is 0.124. The molecular weight excluding hydrogens is 312 g/mol. The molecule has 1 fully saturated rings. The number of nitrogens with zero attached hydrogens (tertiary/aromatic N) is 4. The van der Waals surface area contributed by atoms with Gasteiger partial charge in [0.25, 0.3) is 0 Å². The zero-order valence-electron chi connectivity index (χ0n) is 15.6. The average Bonchev–Trinajstić information content (AvgIpc) is 2.61. The molecule has 2 aliphatic rings. The van der Waals surface area contributed by atoms with E-state index in [1.54, 1.807) is 6.92 Å². The fraction of sp³-hybridized carbons (Fsp3) is 0.650. The van der Waals surface area contributed by atoms with E-state index in [0.717, 1.165) is 50.2 Å². The predicted molar refractivity (Wildman–Crippen MR) is 98.6 cm³/mol. The Morgan fingerprint density at radius 3 is 2.36 bits per heavy atom. The van der Waals surface area contributed by atoms with Crippen LogP contribution in [0, 0.1) is 17.2 Å². The Kier molecular flexibility index (Phi) is 5.27. The summed E-state index contributed by atoms with van der Waals surface area (Å²) in [6.45, 7) is 8.98.